The Bertz CT molecular complexity index is 590. The quantitative estimate of drug-likeness (QED) is 0.570. The van der Waals surface area contributed by atoms with Crippen LogP contribution in [-0.4, -0.2) is 43.9 Å². The maximum Gasteiger partial charge on any atom is 0.339 e. The molecule has 6 nitrogen and oxygen atoms in total. The van der Waals surface area contributed by atoms with Crippen LogP contribution in [0.4, 0.5) is 0 Å². The lowest BCUT2D eigenvalue weighted by Crippen LogP contribution is -2.47. The number of benzene rings is 1. The summed E-state index contributed by atoms with van der Waals surface area (Å²) in [5.74, 6) is -1.72. The Hall–Kier alpha value is -2.02. The maximum absolute atomic E-state index is 12.1. The van der Waals surface area contributed by atoms with Gasteiger partial charge in [-0.25, -0.2) is 9.59 Å². The first kappa shape index (κ1) is 20.0. The number of amides is 1. The van der Waals surface area contributed by atoms with E-state index in [-0.39, 0.29) is 5.92 Å². The standard InChI is InChI=1S/C17H23NO5S/c1-5-11(2)15(17(21)22-3)18-14(19)10-23-16(20)12-8-6-7-9-13(12)24-4/h6-9,11,15H,5,10H2,1-4H3,(H,18,19)/t11-,15-/m0/s1. The molecule has 0 aliphatic heterocycles. The second-order valence-electron chi connectivity index (χ2n) is 5.23. The molecule has 0 saturated heterocycles. The zero-order chi connectivity index (χ0) is 18.1. The van der Waals surface area contributed by atoms with E-state index >= 15 is 0 Å². The van der Waals surface area contributed by atoms with Crippen LogP contribution < -0.4 is 5.32 Å². The van der Waals surface area contributed by atoms with Crippen LogP contribution in [0.5, 0.6) is 0 Å². The predicted molar refractivity (Wildman–Crippen MR) is 91.9 cm³/mol. The smallest absolute Gasteiger partial charge is 0.339 e. The van der Waals surface area contributed by atoms with Crippen molar-refractivity contribution in [3.63, 3.8) is 0 Å². The third-order valence-electron chi connectivity index (χ3n) is 3.65. The summed E-state index contributed by atoms with van der Waals surface area (Å²) in [5.41, 5.74) is 0.407. The fourth-order valence-electron chi connectivity index (χ4n) is 2.03. The van der Waals surface area contributed by atoms with Gasteiger partial charge >= 0.3 is 11.9 Å². The fraction of sp³-hybridized carbons (Fsp3) is 0.471. The van der Waals surface area contributed by atoms with E-state index in [1.165, 1.54) is 18.9 Å². The molecule has 0 unspecified atom stereocenters. The molecule has 2 atom stereocenters. The molecule has 1 aromatic carbocycles. The van der Waals surface area contributed by atoms with Crippen LogP contribution in [-0.2, 0) is 19.1 Å². The Morgan fingerprint density at radius 3 is 2.50 bits per heavy atom. The van der Waals surface area contributed by atoms with Gasteiger partial charge in [-0.15, -0.1) is 11.8 Å². The van der Waals surface area contributed by atoms with Gasteiger partial charge in [0, 0.05) is 4.90 Å². The number of carbonyl (C=O) groups excluding carboxylic acids is 3. The SMILES string of the molecule is CC[C@H](C)[C@H](NC(=O)COC(=O)c1ccccc1SC)C(=O)OC. The summed E-state index contributed by atoms with van der Waals surface area (Å²) in [4.78, 5) is 36.6. The van der Waals surface area contributed by atoms with Crippen LogP contribution in [0.2, 0.25) is 0 Å². The van der Waals surface area contributed by atoms with Crippen molar-refractivity contribution in [3.05, 3.63) is 29.8 Å². The van der Waals surface area contributed by atoms with Crippen molar-refractivity contribution in [2.75, 3.05) is 20.0 Å². The third-order valence-corrected chi connectivity index (χ3v) is 4.44. The number of rotatable bonds is 8. The van der Waals surface area contributed by atoms with Crippen LogP contribution in [0.15, 0.2) is 29.2 Å². The lowest BCUT2D eigenvalue weighted by molar-refractivity contribution is -0.147. The average Bonchev–Trinajstić information content (AvgIpc) is 2.62. The molecule has 0 bridgehead atoms. The van der Waals surface area contributed by atoms with E-state index in [0.29, 0.717) is 12.0 Å². The Balaban J connectivity index is 2.64. The Kier molecular flexibility index (Phi) is 8.32. The Labute approximate surface area is 146 Å². The number of methoxy groups -OCH3 is 1. The monoisotopic (exact) mass is 353 g/mol. The molecule has 1 amide bonds. The molecule has 0 aromatic heterocycles. The van der Waals surface area contributed by atoms with Crippen molar-refractivity contribution < 1.29 is 23.9 Å². The van der Waals surface area contributed by atoms with Crippen LogP contribution in [0.25, 0.3) is 0 Å². The minimum atomic E-state index is -0.760. The Morgan fingerprint density at radius 2 is 1.92 bits per heavy atom. The van der Waals surface area contributed by atoms with Crippen molar-refractivity contribution >= 4 is 29.6 Å². The topological polar surface area (TPSA) is 81.7 Å². The van der Waals surface area contributed by atoms with Crippen molar-refractivity contribution in [1.82, 2.24) is 5.32 Å². The number of esters is 2. The van der Waals surface area contributed by atoms with Gasteiger partial charge in [0.1, 0.15) is 6.04 Å². The second-order valence-corrected chi connectivity index (χ2v) is 6.08. The summed E-state index contributed by atoms with van der Waals surface area (Å²) in [7, 11) is 1.27. The number of hydrogen-bond donors (Lipinski definition) is 1. The zero-order valence-electron chi connectivity index (χ0n) is 14.3. The van der Waals surface area contributed by atoms with E-state index < -0.39 is 30.5 Å². The molecular formula is C17H23NO5S. The first-order valence-electron chi connectivity index (χ1n) is 7.61. The molecule has 0 fully saturated rings. The second kappa shape index (κ2) is 9.97. The minimum absolute atomic E-state index is 0.0886. The zero-order valence-corrected chi connectivity index (χ0v) is 15.1. The van der Waals surface area contributed by atoms with E-state index in [4.69, 9.17) is 9.47 Å². The van der Waals surface area contributed by atoms with Gasteiger partial charge in [-0.1, -0.05) is 32.4 Å². The highest BCUT2D eigenvalue weighted by molar-refractivity contribution is 7.98. The average molecular weight is 353 g/mol. The molecular weight excluding hydrogens is 330 g/mol. The Morgan fingerprint density at radius 1 is 1.25 bits per heavy atom. The van der Waals surface area contributed by atoms with E-state index in [1.807, 2.05) is 26.2 Å². The molecule has 0 radical (unpaired) electrons. The number of carbonyl (C=O) groups is 3. The van der Waals surface area contributed by atoms with Crippen LogP contribution in [0.3, 0.4) is 0 Å². The summed E-state index contributed by atoms with van der Waals surface area (Å²) in [6, 6.07) is 6.24. The molecule has 1 N–H and O–H groups in total. The summed E-state index contributed by atoms with van der Waals surface area (Å²) >= 11 is 1.42. The molecule has 1 rings (SSSR count). The third kappa shape index (κ3) is 5.56. The number of thioether (sulfide) groups is 1. The summed E-state index contributed by atoms with van der Waals surface area (Å²) in [6.45, 7) is 3.29. The normalized spacial score (nSPS) is 12.8. The number of ether oxygens (including phenoxy) is 2. The van der Waals surface area contributed by atoms with Gasteiger partial charge in [0.2, 0.25) is 0 Å². The lowest BCUT2D eigenvalue weighted by Gasteiger charge is -2.21. The van der Waals surface area contributed by atoms with Gasteiger partial charge in [-0.3, -0.25) is 4.79 Å². The van der Waals surface area contributed by atoms with Gasteiger partial charge in [-0.2, -0.15) is 0 Å². The number of hydrogen-bond acceptors (Lipinski definition) is 6. The van der Waals surface area contributed by atoms with Crippen molar-refractivity contribution in [2.24, 2.45) is 5.92 Å². The molecule has 0 saturated carbocycles. The summed E-state index contributed by atoms with van der Waals surface area (Å²) in [6.07, 6.45) is 2.55. The molecule has 0 aliphatic carbocycles. The maximum atomic E-state index is 12.1. The van der Waals surface area contributed by atoms with Gasteiger partial charge in [-0.05, 0) is 24.3 Å². The molecule has 1 aromatic rings. The van der Waals surface area contributed by atoms with Gasteiger partial charge < -0.3 is 14.8 Å². The van der Waals surface area contributed by atoms with Crippen molar-refractivity contribution in [2.45, 2.75) is 31.2 Å². The van der Waals surface area contributed by atoms with Crippen molar-refractivity contribution in [3.8, 4) is 0 Å². The molecule has 0 heterocycles. The lowest BCUT2D eigenvalue weighted by atomic mass is 9.99. The number of nitrogens with one attached hydrogen (secondary N) is 1. The van der Waals surface area contributed by atoms with Gasteiger partial charge in [0.15, 0.2) is 6.61 Å². The van der Waals surface area contributed by atoms with E-state index in [1.54, 1.807) is 18.2 Å². The predicted octanol–water partition coefficient (Wildman–Crippen LogP) is 2.27. The minimum Gasteiger partial charge on any atom is -0.467 e. The highest BCUT2D eigenvalue weighted by Gasteiger charge is 2.27. The fourth-order valence-corrected chi connectivity index (χ4v) is 2.62. The van der Waals surface area contributed by atoms with Crippen LogP contribution in [0.1, 0.15) is 30.6 Å². The van der Waals surface area contributed by atoms with E-state index in [9.17, 15) is 14.4 Å². The van der Waals surface area contributed by atoms with Gasteiger partial charge in [0.05, 0.1) is 12.7 Å². The summed E-state index contributed by atoms with van der Waals surface area (Å²) < 4.78 is 9.74. The summed E-state index contributed by atoms with van der Waals surface area (Å²) in [5, 5.41) is 2.56. The molecule has 7 heteroatoms. The highest BCUT2D eigenvalue weighted by atomic mass is 32.2. The van der Waals surface area contributed by atoms with Crippen molar-refractivity contribution in [1.29, 1.82) is 0 Å². The molecule has 0 aliphatic rings. The van der Waals surface area contributed by atoms with Crippen LogP contribution >= 0.6 is 11.8 Å². The molecule has 132 valence electrons. The van der Waals surface area contributed by atoms with E-state index in [2.05, 4.69) is 5.32 Å². The first-order valence-corrected chi connectivity index (χ1v) is 8.84. The molecule has 0 spiro atoms. The largest absolute Gasteiger partial charge is 0.467 e. The van der Waals surface area contributed by atoms with Gasteiger partial charge in [0.25, 0.3) is 5.91 Å². The first-order chi connectivity index (χ1) is 11.4. The highest BCUT2D eigenvalue weighted by Crippen LogP contribution is 2.20. The van der Waals surface area contributed by atoms with E-state index in [0.717, 1.165) is 4.90 Å². The molecule has 24 heavy (non-hydrogen) atoms. The van der Waals surface area contributed by atoms with Crippen LogP contribution in [0, 0.1) is 5.92 Å².